The molecule has 1 saturated carbocycles. The molecule has 4 nitrogen and oxygen atoms in total. The van der Waals surface area contributed by atoms with Gasteiger partial charge in [0.1, 0.15) is 0 Å². The Morgan fingerprint density at radius 3 is 2.12 bits per heavy atom. The Morgan fingerprint density at radius 2 is 1.56 bits per heavy atom. The first-order chi connectivity index (χ1) is 7.63. The lowest BCUT2D eigenvalue weighted by atomic mass is 9.87. The molecule has 1 aromatic heterocycles. The Hall–Kier alpha value is -0.610. The zero-order valence-electron chi connectivity index (χ0n) is 9.08. The Kier molecular flexibility index (Phi) is 3.82. The van der Waals surface area contributed by atoms with Gasteiger partial charge in [0.2, 0.25) is 16.5 Å². The maximum Gasteiger partial charge on any atom is 0.228 e. The van der Waals surface area contributed by atoms with E-state index >= 15 is 0 Å². The molecule has 1 fully saturated rings. The summed E-state index contributed by atoms with van der Waals surface area (Å²) in [4.78, 5) is 11.7. The van der Waals surface area contributed by atoms with Crippen molar-refractivity contribution < 1.29 is 0 Å². The molecule has 0 aliphatic heterocycles. The summed E-state index contributed by atoms with van der Waals surface area (Å²) >= 11 is 11.4. The van der Waals surface area contributed by atoms with Gasteiger partial charge < -0.3 is 5.32 Å². The number of anilines is 1. The molecular weight excluding hydrogens is 247 g/mol. The fourth-order valence-corrected chi connectivity index (χ4v) is 2.34. The van der Waals surface area contributed by atoms with Gasteiger partial charge in [0.25, 0.3) is 0 Å². The molecule has 1 N–H and O–H groups in total. The number of halogens is 2. The van der Waals surface area contributed by atoms with Crippen LogP contribution in [0.25, 0.3) is 0 Å². The largest absolute Gasteiger partial charge is 0.351 e. The topological polar surface area (TPSA) is 50.7 Å². The van der Waals surface area contributed by atoms with Crippen LogP contribution < -0.4 is 5.32 Å². The van der Waals surface area contributed by atoms with Crippen LogP contribution in [0.2, 0.25) is 10.6 Å². The molecule has 0 atom stereocenters. The number of hydrogen-bond donors (Lipinski definition) is 1. The first-order valence-electron chi connectivity index (χ1n) is 5.47. The third-order valence-electron chi connectivity index (χ3n) is 2.93. The fourth-order valence-electron chi connectivity index (χ4n) is 1.98. The summed E-state index contributed by atoms with van der Waals surface area (Å²) in [5.41, 5.74) is 0. The zero-order valence-corrected chi connectivity index (χ0v) is 10.6. The number of aromatic nitrogens is 3. The maximum atomic E-state index is 5.70. The van der Waals surface area contributed by atoms with Gasteiger partial charge in [-0.1, -0.05) is 6.92 Å². The molecule has 6 heteroatoms. The molecule has 2 rings (SSSR count). The van der Waals surface area contributed by atoms with E-state index in [4.69, 9.17) is 23.2 Å². The highest BCUT2D eigenvalue weighted by Gasteiger charge is 2.19. The maximum absolute atomic E-state index is 5.70. The summed E-state index contributed by atoms with van der Waals surface area (Å²) in [5.74, 6) is 1.30. The molecule has 88 valence electrons. The third-order valence-corrected chi connectivity index (χ3v) is 3.27. The predicted molar refractivity (Wildman–Crippen MR) is 64.9 cm³/mol. The van der Waals surface area contributed by atoms with Gasteiger partial charge in [-0.05, 0) is 54.8 Å². The lowest BCUT2D eigenvalue weighted by Crippen LogP contribution is -2.26. The summed E-state index contributed by atoms with van der Waals surface area (Å²) in [7, 11) is 0. The van der Waals surface area contributed by atoms with Crippen molar-refractivity contribution in [3.8, 4) is 0 Å². The van der Waals surface area contributed by atoms with E-state index in [0.717, 1.165) is 18.8 Å². The smallest absolute Gasteiger partial charge is 0.228 e. The second-order valence-electron chi connectivity index (χ2n) is 4.30. The van der Waals surface area contributed by atoms with E-state index in [1.165, 1.54) is 12.8 Å². The molecule has 16 heavy (non-hydrogen) atoms. The molecule has 1 heterocycles. The first-order valence-corrected chi connectivity index (χ1v) is 6.22. The summed E-state index contributed by atoms with van der Waals surface area (Å²) in [6.45, 7) is 2.28. The van der Waals surface area contributed by atoms with Crippen LogP contribution in [0.4, 0.5) is 5.95 Å². The molecule has 0 amide bonds. The van der Waals surface area contributed by atoms with Gasteiger partial charge in [-0.25, -0.2) is 0 Å². The van der Waals surface area contributed by atoms with Crippen molar-refractivity contribution in [3.05, 3.63) is 10.6 Å². The van der Waals surface area contributed by atoms with Gasteiger partial charge in [0, 0.05) is 6.04 Å². The molecule has 0 unspecified atom stereocenters. The van der Waals surface area contributed by atoms with E-state index in [1.54, 1.807) is 0 Å². The summed E-state index contributed by atoms with van der Waals surface area (Å²) in [6.07, 6.45) is 4.76. The van der Waals surface area contributed by atoms with Crippen LogP contribution in [0.15, 0.2) is 0 Å². The van der Waals surface area contributed by atoms with E-state index in [9.17, 15) is 0 Å². The van der Waals surface area contributed by atoms with E-state index in [2.05, 4.69) is 27.2 Å². The van der Waals surface area contributed by atoms with Crippen molar-refractivity contribution in [2.24, 2.45) is 5.92 Å². The predicted octanol–water partition coefficient (Wildman–Crippen LogP) is 3.17. The number of nitrogens with zero attached hydrogens (tertiary/aromatic N) is 3. The molecule has 0 saturated heterocycles. The van der Waals surface area contributed by atoms with Crippen LogP contribution in [-0.4, -0.2) is 21.0 Å². The van der Waals surface area contributed by atoms with Gasteiger partial charge in [-0.15, -0.1) is 0 Å². The van der Waals surface area contributed by atoms with E-state index < -0.39 is 0 Å². The first kappa shape index (κ1) is 11.9. The van der Waals surface area contributed by atoms with Crippen LogP contribution >= 0.6 is 23.2 Å². The van der Waals surface area contributed by atoms with Gasteiger partial charge in [0.05, 0.1) is 0 Å². The van der Waals surface area contributed by atoms with Crippen molar-refractivity contribution in [1.82, 2.24) is 15.0 Å². The van der Waals surface area contributed by atoms with Gasteiger partial charge in [-0.3, -0.25) is 0 Å². The van der Waals surface area contributed by atoms with E-state index in [1.807, 2.05) is 0 Å². The van der Waals surface area contributed by atoms with Crippen molar-refractivity contribution in [2.45, 2.75) is 38.6 Å². The third kappa shape index (κ3) is 3.19. The molecule has 0 aromatic carbocycles. The normalized spacial score (nSPS) is 25.4. The highest BCUT2D eigenvalue weighted by Crippen LogP contribution is 2.25. The van der Waals surface area contributed by atoms with Crippen LogP contribution in [0, 0.1) is 5.92 Å². The average molecular weight is 261 g/mol. The van der Waals surface area contributed by atoms with Gasteiger partial charge >= 0.3 is 0 Å². The van der Waals surface area contributed by atoms with Crippen LogP contribution in [0.3, 0.4) is 0 Å². The number of nitrogens with one attached hydrogen (secondary N) is 1. The molecule has 1 aliphatic carbocycles. The standard InChI is InChI=1S/C10H14Cl2N4/c1-6-2-4-7(5-3-6)13-10-15-8(11)14-9(12)16-10/h6-7H,2-5H2,1H3,(H,13,14,15,16). The zero-order chi connectivity index (χ0) is 11.5. The molecule has 0 spiro atoms. The highest BCUT2D eigenvalue weighted by molar-refractivity contribution is 6.31. The lowest BCUT2D eigenvalue weighted by molar-refractivity contribution is 0.360. The average Bonchev–Trinajstić information content (AvgIpc) is 2.20. The molecule has 0 radical (unpaired) electrons. The lowest BCUT2D eigenvalue weighted by Gasteiger charge is -2.26. The molecule has 0 bridgehead atoms. The fraction of sp³-hybridized carbons (Fsp3) is 0.700. The highest BCUT2D eigenvalue weighted by atomic mass is 35.5. The van der Waals surface area contributed by atoms with Crippen molar-refractivity contribution in [3.63, 3.8) is 0 Å². The van der Waals surface area contributed by atoms with Crippen molar-refractivity contribution in [2.75, 3.05) is 5.32 Å². The Morgan fingerprint density at radius 1 is 1.00 bits per heavy atom. The van der Waals surface area contributed by atoms with Crippen LogP contribution in [0.5, 0.6) is 0 Å². The van der Waals surface area contributed by atoms with Gasteiger partial charge in [0.15, 0.2) is 0 Å². The molecule has 1 aromatic rings. The SMILES string of the molecule is CC1CCC(Nc2nc(Cl)nc(Cl)n2)CC1. The molecule has 1 aliphatic rings. The minimum atomic E-state index is 0.131. The summed E-state index contributed by atoms with van der Waals surface area (Å²) in [6, 6.07) is 0.422. The van der Waals surface area contributed by atoms with E-state index in [0.29, 0.717) is 12.0 Å². The minimum absolute atomic E-state index is 0.131. The van der Waals surface area contributed by atoms with E-state index in [-0.39, 0.29) is 10.6 Å². The summed E-state index contributed by atoms with van der Waals surface area (Å²) < 4.78 is 0. The Balaban J connectivity index is 1.98. The van der Waals surface area contributed by atoms with Crippen molar-refractivity contribution >= 4 is 29.2 Å². The van der Waals surface area contributed by atoms with Crippen LogP contribution in [-0.2, 0) is 0 Å². The van der Waals surface area contributed by atoms with Crippen molar-refractivity contribution in [1.29, 1.82) is 0 Å². The number of rotatable bonds is 2. The summed E-state index contributed by atoms with van der Waals surface area (Å²) in [5, 5.41) is 3.51. The quantitative estimate of drug-likeness (QED) is 0.888. The van der Waals surface area contributed by atoms with Crippen LogP contribution in [0.1, 0.15) is 32.6 Å². The second kappa shape index (κ2) is 5.15. The monoisotopic (exact) mass is 260 g/mol. The Bertz CT molecular complexity index is 344. The Labute approximate surface area is 105 Å². The molecular formula is C10H14Cl2N4. The van der Waals surface area contributed by atoms with Gasteiger partial charge in [-0.2, -0.15) is 15.0 Å². The second-order valence-corrected chi connectivity index (χ2v) is 4.97. The number of hydrogen-bond acceptors (Lipinski definition) is 4. The minimum Gasteiger partial charge on any atom is -0.351 e.